The number of morpholine rings is 1. The van der Waals surface area contributed by atoms with Gasteiger partial charge in [0.2, 0.25) is 10.0 Å². The molecular formula is C14H19F3N2O3S. The summed E-state index contributed by atoms with van der Waals surface area (Å²) >= 11 is 0. The fourth-order valence-corrected chi connectivity index (χ4v) is 3.47. The Bertz CT molecular complexity index is 628. The Kier molecular flexibility index (Phi) is 5.66. The molecule has 0 spiro atoms. The molecule has 1 heterocycles. The highest BCUT2D eigenvalue weighted by Gasteiger charge is 2.31. The van der Waals surface area contributed by atoms with Crippen molar-refractivity contribution in [1.82, 2.24) is 9.62 Å². The number of halogens is 3. The maximum Gasteiger partial charge on any atom is 0.416 e. The lowest BCUT2D eigenvalue weighted by atomic mass is 10.2. The zero-order valence-electron chi connectivity index (χ0n) is 12.6. The summed E-state index contributed by atoms with van der Waals surface area (Å²) in [6.07, 6.45) is -4.58. The predicted octanol–water partition coefficient (Wildman–Crippen LogP) is 1.70. The lowest BCUT2D eigenvalue weighted by molar-refractivity contribution is -0.137. The first-order valence-corrected chi connectivity index (χ1v) is 8.67. The van der Waals surface area contributed by atoms with Gasteiger partial charge in [0.05, 0.1) is 23.7 Å². The van der Waals surface area contributed by atoms with E-state index in [0.29, 0.717) is 32.4 Å². The highest BCUT2D eigenvalue weighted by Crippen LogP contribution is 2.30. The Labute approximate surface area is 133 Å². The summed E-state index contributed by atoms with van der Waals surface area (Å²) in [5.74, 6) is 0. The van der Waals surface area contributed by atoms with Gasteiger partial charge in [0.15, 0.2) is 0 Å². The minimum absolute atomic E-state index is 0.0699. The van der Waals surface area contributed by atoms with Crippen molar-refractivity contribution in [2.24, 2.45) is 0 Å². The van der Waals surface area contributed by atoms with Crippen molar-refractivity contribution >= 4 is 10.0 Å². The summed E-state index contributed by atoms with van der Waals surface area (Å²) < 4.78 is 70.0. The minimum atomic E-state index is -4.58. The highest BCUT2D eigenvalue weighted by atomic mass is 32.2. The summed E-state index contributed by atoms with van der Waals surface area (Å²) in [4.78, 5) is 1.68. The molecule has 9 heteroatoms. The minimum Gasteiger partial charge on any atom is -0.379 e. The van der Waals surface area contributed by atoms with Crippen LogP contribution in [0, 0.1) is 0 Å². The molecule has 1 saturated heterocycles. The second-order valence-electron chi connectivity index (χ2n) is 5.37. The molecule has 23 heavy (non-hydrogen) atoms. The standard InChI is InChI=1S/C14H19F3N2O3S/c1-11(19-5-7-22-8-6-19)10-18-23(20,21)13-4-2-3-12(9-13)14(15,16)17/h2-4,9,11,18H,5-8,10H2,1H3. The van der Waals surface area contributed by atoms with Crippen LogP contribution in [0.15, 0.2) is 29.2 Å². The molecule has 1 fully saturated rings. The molecule has 1 aliphatic heterocycles. The molecule has 1 aliphatic rings. The van der Waals surface area contributed by atoms with Crippen LogP contribution >= 0.6 is 0 Å². The average molecular weight is 352 g/mol. The quantitative estimate of drug-likeness (QED) is 0.876. The van der Waals surface area contributed by atoms with Gasteiger partial charge in [-0.1, -0.05) is 6.07 Å². The number of hydrogen-bond donors (Lipinski definition) is 1. The molecule has 130 valence electrons. The van der Waals surface area contributed by atoms with Crippen LogP contribution < -0.4 is 4.72 Å². The van der Waals surface area contributed by atoms with E-state index in [1.807, 2.05) is 6.92 Å². The maximum absolute atomic E-state index is 12.7. The zero-order valence-corrected chi connectivity index (χ0v) is 13.5. The molecule has 1 atom stereocenters. The number of alkyl halides is 3. The third-order valence-electron chi connectivity index (χ3n) is 3.71. The Hall–Kier alpha value is -1.16. The van der Waals surface area contributed by atoms with E-state index >= 15 is 0 Å². The molecule has 1 aromatic rings. The molecule has 0 aliphatic carbocycles. The van der Waals surface area contributed by atoms with Crippen LogP contribution in [0.4, 0.5) is 13.2 Å². The van der Waals surface area contributed by atoms with Crippen LogP contribution in [-0.2, 0) is 20.9 Å². The van der Waals surface area contributed by atoms with Gasteiger partial charge in [-0.25, -0.2) is 13.1 Å². The van der Waals surface area contributed by atoms with Gasteiger partial charge in [-0.05, 0) is 25.1 Å². The third kappa shape index (κ3) is 4.90. The van der Waals surface area contributed by atoms with Crippen LogP contribution in [0.1, 0.15) is 12.5 Å². The normalized spacial score (nSPS) is 18.8. The molecule has 0 aromatic heterocycles. The monoisotopic (exact) mass is 352 g/mol. The predicted molar refractivity (Wildman–Crippen MR) is 78.5 cm³/mol. The van der Waals surface area contributed by atoms with Gasteiger partial charge >= 0.3 is 6.18 Å². The molecule has 0 amide bonds. The van der Waals surface area contributed by atoms with E-state index in [-0.39, 0.29) is 17.5 Å². The van der Waals surface area contributed by atoms with E-state index < -0.39 is 21.8 Å². The Morgan fingerprint density at radius 2 is 1.96 bits per heavy atom. The van der Waals surface area contributed by atoms with E-state index in [2.05, 4.69) is 9.62 Å². The van der Waals surface area contributed by atoms with Gasteiger partial charge in [-0.15, -0.1) is 0 Å². The first kappa shape index (κ1) is 18.2. The van der Waals surface area contributed by atoms with E-state index in [1.165, 1.54) is 0 Å². The van der Waals surface area contributed by atoms with Crippen LogP contribution in [-0.4, -0.2) is 52.2 Å². The summed E-state index contributed by atoms with van der Waals surface area (Å²) in [6, 6.07) is 3.65. The van der Waals surface area contributed by atoms with Gasteiger partial charge in [0.1, 0.15) is 0 Å². The SMILES string of the molecule is CC(CNS(=O)(=O)c1cccc(C(F)(F)F)c1)N1CCOCC1. The second kappa shape index (κ2) is 7.16. The number of rotatable bonds is 5. The number of sulfonamides is 1. The fraction of sp³-hybridized carbons (Fsp3) is 0.571. The van der Waals surface area contributed by atoms with Gasteiger partial charge < -0.3 is 4.74 Å². The molecule has 1 unspecified atom stereocenters. The Morgan fingerprint density at radius 3 is 2.57 bits per heavy atom. The van der Waals surface area contributed by atoms with Gasteiger partial charge in [-0.2, -0.15) is 13.2 Å². The number of benzene rings is 1. The summed E-state index contributed by atoms with van der Waals surface area (Å²) in [5.41, 5.74) is -0.985. The summed E-state index contributed by atoms with van der Waals surface area (Å²) in [6.45, 7) is 4.56. The molecule has 1 N–H and O–H groups in total. The first-order valence-electron chi connectivity index (χ1n) is 7.19. The van der Waals surface area contributed by atoms with E-state index in [1.54, 1.807) is 0 Å². The van der Waals surface area contributed by atoms with Crippen molar-refractivity contribution in [2.75, 3.05) is 32.8 Å². The van der Waals surface area contributed by atoms with Gasteiger partial charge in [0.25, 0.3) is 0 Å². The average Bonchev–Trinajstić information content (AvgIpc) is 2.53. The summed E-state index contributed by atoms with van der Waals surface area (Å²) in [7, 11) is -3.98. The van der Waals surface area contributed by atoms with Crippen molar-refractivity contribution in [3.05, 3.63) is 29.8 Å². The van der Waals surface area contributed by atoms with Gasteiger partial charge in [0, 0.05) is 25.7 Å². The molecule has 1 aromatic carbocycles. The van der Waals surface area contributed by atoms with E-state index in [0.717, 1.165) is 18.2 Å². The van der Waals surface area contributed by atoms with E-state index in [9.17, 15) is 21.6 Å². The fourth-order valence-electron chi connectivity index (χ4n) is 2.30. The van der Waals surface area contributed by atoms with Gasteiger partial charge in [-0.3, -0.25) is 4.90 Å². The maximum atomic E-state index is 12.7. The highest BCUT2D eigenvalue weighted by molar-refractivity contribution is 7.89. The van der Waals surface area contributed by atoms with Crippen LogP contribution in [0.5, 0.6) is 0 Å². The van der Waals surface area contributed by atoms with Crippen LogP contribution in [0.3, 0.4) is 0 Å². The van der Waals surface area contributed by atoms with Crippen molar-refractivity contribution in [2.45, 2.75) is 24.0 Å². The van der Waals surface area contributed by atoms with Crippen LogP contribution in [0.25, 0.3) is 0 Å². The molecule has 2 rings (SSSR count). The summed E-state index contributed by atoms with van der Waals surface area (Å²) in [5, 5.41) is 0. The van der Waals surface area contributed by atoms with Crippen molar-refractivity contribution in [1.29, 1.82) is 0 Å². The van der Waals surface area contributed by atoms with Crippen molar-refractivity contribution < 1.29 is 26.3 Å². The Morgan fingerprint density at radius 1 is 1.30 bits per heavy atom. The van der Waals surface area contributed by atoms with E-state index in [4.69, 9.17) is 4.74 Å². The molecular weight excluding hydrogens is 333 g/mol. The first-order chi connectivity index (χ1) is 10.7. The lowest BCUT2D eigenvalue weighted by Gasteiger charge is -2.32. The molecule has 0 radical (unpaired) electrons. The molecule has 0 saturated carbocycles. The number of nitrogens with zero attached hydrogens (tertiary/aromatic N) is 1. The smallest absolute Gasteiger partial charge is 0.379 e. The second-order valence-corrected chi connectivity index (χ2v) is 7.14. The third-order valence-corrected chi connectivity index (χ3v) is 5.13. The largest absolute Gasteiger partial charge is 0.416 e. The van der Waals surface area contributed by atoms with Crippen molar-refractivity contribution in [3.8, 4) is 0 Å². The lowest BCUT2D eigenvalue weighted by Crippen LogP contribution is -2.47. The molecule has 0 bridgehead atoms. The molecule has 5 nitrogen and oxygen atoms in total. The number of ether oxygens (including phenoxy) is 1. The number of nitrogens with one attached hydrogen (secondary N) is 1. The topological polar surface area (TPSA) is 58.6 Å². The van der Waals surface area contributed by atoms with Crippen molar-refractivity contribution in [3.63, 3.8) is 0 Å². The number of hydrogen-bond acceptors (Lipinski definition) is 4. The van der Waals surface area contributed by atoms with Crippen LogP contribution in [0.2, 0.25) is 0 Å². The Balaban J connectivity index is 2.04. The zero-order chi connectivity index (χ0) is 17.1.